The number of benzene rings is 2. The molecule has 1 fully saturated rings. The van der Waals surface area contributed by atoms with E-state index < -0.39 is 0 Å². The Morgan fingerprint density at radius 2 is 1.81 bits per heavy atom. The average Bonchev–Trinajstić information content (AvgIpc) is 3.46. The molecular weight excluding hydrogens is 389 g/mol. The number of halogens is 1. The van der Waals surface area contributed by atoms with Crippen molar-refractivity contribution in [1.82, 2.24) is 14.4 Å². The number of rotatable bonds is 10. The van der Waals surface area contributed by atoms with Crippen molar-refractivity contribution in [3.05, 3.63) is 89.5 Å². The molecule has 4 nitrogen and oxygen atoms in total. The smallest absolute Gasteiger partial charge is 0.128 e. The molecule has 2 aromatic carbocycles. The first-order valence-corrected chi connectivity index (χ1v) is 11.2. The summed E-state index contributed by atoms with van der Waals surface area (Å²) in [5.74, 6) is 0.740. The van der Waals surface area contributed by atoms with Gasteiger partial charge in [0.05, 0.1) is 13.7 Å². The van der Waals surface area contributed by atoms with Crippen LogP contribution in [0.2, 0.25) is 0 Å². The fraction of sp³-hybridized carbons (Fsp3) is 0.385. The molecular formula is C26H32FN3O. The SMILES string of the molecule is COc1cccc(CN(CCN2CCCC2)Cc2cccn2Cc2ccccc2F)c1. The normalized spacial score (nSPS) is 14.4. The third kappa shape index (κ3) is 5.96. The summed E-state index contributed by atoms with van der Waals surface area (Å²) in [6.07, 6.45) is 4.66. The molecule has 1 saturated heterocycles. The van der Waals surface area contributed by atoms with Crippen LogP contribution in [0.1, 0.15) is 29.7 Å². The van der Waals surface area contributed by atoms with Crippen LogP contribution in [0.3, 0.4) is 0 Å². The van der Waals surface area contributed by atoms with Crippen LogP contribution in [0, 0.1) is 5.82 Å². The fourth-order valence-electron chi connectivity index (χ4n) is 4.32. The first kappa shape index (κ1) is 21.6. The highest BCUT2D eigenvalue weighted by Gasteiger charge is 2.16. The number of methoxy groups -OCH3 is 1. The zero-order chi connectivity index (χ0) is 21.5. The first-order chi connectivity index (χ1) is 15.2. The summed E-state index contributed by atoms with van der Waals surface area (Å²) in [6.45, 7) is 6.73. The van der Waals surface area contributed by atoms with E-state index in [1.807, 2.05) is 30.5 Å². The number of likely N-dealkylation sites (tertiary alicyclic amines) is 1. The van der Waals surface area contributed by atoms with E-state index in [-0.39, 0.29) is 5.82 Å². The van der Waals surface area contributed by atoms with E-state index in [0.717, 1.165) is 37.5 Å². The van der Waals surface area contributed by atoms with Crippen LogP contribution in [0.15, 0.2) is 66.9 Å². The molecule has 31 heavy (non-hydrogen) atoms. The monoisotopic (exact) mass is 421 g/mol. The van der Waals surface area contributed by atoms with Gasteiger partial charge in [-0.15, -0.1) is 0 Å². The molecule has 0 N–H and O–H groups in total. The highest BCUT2D eigenvalue weighted by atomic mass is 19.1. The summed E-state index contributed by atoms with van der Waals surface area (Å²) >= 11 is 0. The van der Waals surface area contributed by atoms with Crippen LogP contribution < -0.4 is 4.74 Å². The number of hydrogen-bond donors (Lipinski definition) is 0. The Balaban J connectivity index is 1.48. The molecule has 0 atom stereocenters. The summed E-state index contributed by atoms with van der Waals surface area (Å²) in [6, 6.07) is 19.5. The van der Waals surface area contributed by atoms with Crippen molar-refractivity contribution in [1.29, 1.82) is 0 Å². The molecule has 164 valence electrons. The van der Waals surface area contributed by atoms with Crippen molar-refractivity contribution in [2.45, 2.75) is 32.5 Å². The van der Waals surface area contributed by atoms with Gasteiger partial charge in [0.1, 0.15) is 11.6 Å². The van der Waals surface area contributed by atoms with E-state index in [9.17, 15) is 4.39 Å². The van der Waals surface area contributed by atoms with Gasteiger partial charge in [0, 0.05) is 43.6 Å². The van der Waals surface area contributed by atoms with Crippen LogP contribution in [-0.2, 0) is 19.6 Å². The van der Waals surface area contributed by atoms with Gasteiger partial charge in [-0.2, -0.15) is 0 Å². The molecule has 3 aromatic rings. The Labute approximate surface area is 184 Å². The van der Waals surface area contributed by atoms with Crippen molar-refractivity contribution < 1.29 is 9.13 Å². The largest absolute Gasteiger partial charge is 0.497 e. The maximum Gasteiger partial charge on any atom is 0.128 e. The van der Waals surface area contributed by atoms with E-state index in [0.29, 0.717) is 6.54 Å². The molecule has 0 saturated carbocycles. The molecule has 1 aliphatic rings. The summed E-state index contributed by atoms with van der Waals surface area (Å²) < 4.78 is 21.8. The van der Waals surface area contributed by atoms with Gasteiger partial charge in [0.15, 0.2) is 0 Å². The Bertz CT molecular complexity index is 965. The lowest BCUT2D eigenvalue weighted by molar-refractivity contribution is 0.208. The summed E-state index contributed by atoms with van der Waals surface area (Å²) in [4.78, 5) is 5.04. The summed E-state index contributed by atoms with van der Waals surface area (Å²) in [5, 5.41) is 0. The van der Waals surface area contributed by atoms with Gasteiger partial charge >= 0.3 is 0 Å². The molecule has 5 heteroatoms. The Morgan fingerprint density at radius 1 is 0.968 bits per heavy atom. The predicted octanol–water partition coefficient (Wildman–Crippen LogP) is 4.78. The predicted molar refractivity (Wildman–Crippen MR) is 123 cm³/mol. The molecule has 1 aliphatic heterocycles. The van der Waals surface area contributed by atoms with E-state index in [2.05, 4.69) is 38.6 Å². The second kappa shape index (κ2) is 10.6. The maximum absolute atomic E-state index is 14.2. The minimum absolute atomic E-state index is 0.149. The Hall–Kier alpha value is -2.63. The standard InChI is InChI=1S/C26H32FN3O/c1-31-25-11-6-8-22(18-25)19-29(17-16-28-13-4-5-14-28)21-24-10-7-15-30(24)20-23-9-2-3-12-26(23)27/h2-3,6-12,15,18H,4-5,13-14,16-17,19-21H2,1H3. The second-order valence-electron chi connectivity index (χ2n) is 8.33. The maximum atomic E-state index is 14.2. The van der Waals surface area contributed by atoms with Gasteiger partial charge in [0.25, 0.3) is 0 Å². The lowest BCUT2D eigenvalue weighted by Gasteiger charge is -2.26. The van der Waals surface area contributed by atoms with E-state index >= 15 is 0 Å². The van der Waals surface area contributed by atoms with E-state index in [4.69, 9.17) is 4.74 Å². The van der Waals surface area contributed by atoms with Crippen LogP contribution in [-0.4, -0.2) is 47.7 Å². The number of aromatic nitrogens is 1. The molecule has 0 unspecified atom stereocenters. The molecule has 0 aliphatic carbocycles. The molecule has 0 radical (unpaired) electrons. The van der Waals surface area contributed by atoms with Gasteiger partial charge in [-0.1, -0.05) is 30.3 Å². The van der Waals surface area contributed by atoms with Crippen molar-refractivity contribution >= 4 is 0 Å². The van der Waals surface area contributed by atoms with Gasteiger partial charge in [-0.05, 0) is 61.8 Å². The Kier molecular flexibility index (Phi) is 7.39. The molecule has 0 spiro atoms. The number of hydrogen-bond acceptors (Lipinski definition) is 3. The minimum Gasteiger partial charge on any atom is -0.497 e. The quantitative estimate of drug-likeness (QED) is 0.470. The van der Waals surface area contributed by atoms with Crippen LogP contribution in [0.5, 0.6) is 5.75 Å². The fourth-order valence-corrected chi connectivity index (χ4v) is 4.32. The molecule has 4 rings (SSSR count). The second-order valence-corrected chi connectivity index (χ2v) is 8.33. The number of ether oxygens (including phenoxy) is 1. The average molecular weight is 422 g/mol. The van der Waals surface area contributed by atoms with Gasteiger partial charge < -0.3 is 14.2 Å². The third-order valence-electron chi connectivity index (χ3n) is 6.08. The molecule has 0 amide bonds. The molecule has 1 aromatic heterocycles. The van der Waals surface area contributed by atoms with E-state index in [1.54, 1.807) is 13.2 Å². The lowest BCUT2D eigenvalue weighted by atomic mass is 10.2. The van der Waals surface area contributed by atoms with Crippen molar-refractivity contribution in [2.24, 2.45) is 0 Å². The highest BCUT2D eigenvalue weighted by molar-refractivity contribution is 5.28. The topological polar surface area (TPSA) is 20.6 Å². The van der Waals surface area contributed by atoms with Crippen LogP contribution >= 0.6 is 0 Å². The van der Waals surface area contributed by atoms with Gasteiger partial charge in [-0.25, -0.2) is 4.39 Å². The summed E-state index contributed by atoms with van der Waals surface area (Å²) in [5.41, 5.74) is 3.16. The Morgan fingerprint density at radius 3 is 2.61 bits per heavy atom. The van der Waals surface area contributed by atoms with Crippen molar-refractivity contribution in [3.8, 4) is 5.75 Å². The van der Waals surface area contributed by atoms with E-state index in [1.165, 1.54) is 43.3 Å². The molecule has 2 heterocycles. The third-order valence-corrected chi connectivity index (χ3v) is 6.08. The van der Waals surface area contributed by atoms with Crippen LogP contribution in [0.25, 0.3) is 0 Å². The van der Waals surface area contributed by atoms with Crippen LogP contribution in [0.4, 0.5) is 4.39 Å². The zero-order valence-corrected chi connectivity index (χ0v) is 18.3. The highest BCUT2D eigenvalue weighted by Crippen LogP contribution is 2.18. The molecule has 0 bridgehead atoms. The lowest BCUT2D eigenvalue weighted by Crippen LogP contribution is -2.33. The number of nitrogens with zero attached hydrogens (tertiary/aromatic N) is 3. The van der Waals surface area contributed by atoms with Crippen molar-refractivity contribution in [2.75, 3.05) is 33.3 Å². The first-order valence-electron chi connectivity index (χ1n) is 11.2. The summed E-state index contributed by atoms with van der Waals surface area (Å²) in [7, 11) is 1.71. The zero-order valence-electron chi connectivity index (χ0n) is 18.3. The van der Waals surface area contributed by atoms with Gasteiger partial charge in [-0.3, -0.25) is 4.90 Å². The minimum atomic E-state index is -0.149. The van der Waals surface area contributed by atoms with Crippen molar-refractivity contribution in [3.63, 3.8) is 0 Å². The van der Waals surface area contributed by atoms with Gasteiger partial charge in [0.2, 0.25) is 0 Å².